The first kappa shape index (κ1) is 18.3. The Morgan fingerprint density at radius 2 is 1.58 bits per heavy atom. The number of methoxy groups -OCH3 is 1. The molecule has 0 atom stereocenters. The number of carbonyl (C=O) groups is 1. The average molecular weight is 354 g/mol. The highest BCUT2D eigenvalue weighted by atomic mass is 16.5. The van der Waals surface area contributed by atoms with Gasteiger partial charge in [0.2, 0.25) is 0 Å². The number of piperazine rings is 1. The quantitative estimate of drug-likeness (QED) is 0.766. The lowest BCUT2D eigenvalue weighted by atomic mass is 10.1. The molecule has 0 aromatic heterocycles. The molecule has 0 aliphatic carbocycles. The van der Waals surface area contributed by atoms with Crippen molar-refractivity contribution in [2.75, 3.05) is 46.4 Å². The summed E-state index contributed by atoms with van der Waals surface area (Å²) in [5, 5.41) is 0. The fraction of sp³-hybridized carbons (Fsp3) is 0.381. The summed E-state index contributed by atoms with van der Waals surface area (Å²) in [5.74, 6) is 1.50. The van der Waals surface area contributed by atoms with Gasteiger partial charge in [-0.05, 0) is 36.2 Å². The van der Waals surface area contributed by atoms with E-state index in [9.17, 15) is 4.79 Å². The lowest BCUT2D eigenvalue weighted by molar-refractivity contribution is -0.135. The van der Waals surface area contributed by atoms with Gasteiger partial charge in [-0.3, -0.25) is 9.69 Å². The molecule has 1 aliphatic rings. The summed E-state index contributed by atoms with van der Waals surface area (Å²) in [4.78, 5) is 16.6. The van der Waals surface area contributed by atoms with Gasteiger partial charge in [0.25, 0.3) is 5.91 Å². The van der Waals surface area contributed by atoms with Gasteiger partial charge in [-0.25, -0.2) is 0 Å². The highest BCUT2D eigenvalue weighted by molar-refractivity contribution is 5.77. The second kappa shape index (κ2) is 9.25. The molecule has 0 spiro atoms. The van der Waals surface area contributed by atoms with E-state index in [1.54, 1.807) is 7.11 Å². The largest absolute Gasteiger partial charge is 0.497 e. The van der Waals surface area contributed by atoms with Gasteiger partial charge >= 0.3 is 0 Å². The molecule has 26 heavy (non-hydrogen) atoms. The van der Waals surface area contributed by atoms with Crippen LogP contribution in [0.2, 0.25) is 0 Å². The molecule has 1 fully saturated rings. The standard InChI is InChI=1S/C21H26N2O3/c1-25-19-7-9-20(10-8-19)26-17-21(24)23-15-13-22(14-16-23)12-11-18-5-3-2-4-6-18/h2-10H,11-17H2,1H3. The zero-order chi connectivity index (χ0) is 18.2. The highest BCUT2D eigenvalue weighted by Gasteiger charge is 2.21. The van der Waals surface area contributed by atoms with Crippen LogP contribution in [0.5, 0.6) is 11.5 Å². The minimum atomic E-state index is 0.0449. The maximum atomic E-state index is 12.3. The van der Waals surface area contributed by atoms with Crippen molar-refractivity contribution in [3.63, 3.8) is 0 Å². The van der Waals surface area contributed by atoms with Crippen LogP contribution >= 0.6 is 0 Å². The molecule has 1 saturated heterocycles. The molecule has 1 heterocycles. The van der Waals surface area contributed by atoms with Crippen LogP contribution in [0.25, 0.3) is 0 Å². The number of amides is 1. The topological polar surface area (TPSA) is 42.0 Å². The van der Waals surface area contributed by atoms with Crippen molar-refractivity contribution in [3.8, 4) is 11.5 Å². The molecule has 1 amide bonds. The van der Waals surface area contributed by atoms with Gasteiger partial charge < -0.3 is 14.4 Å². The predicted octanol–water partition coefficient (Wildman–Crippen LogP) is 2.46. The van der Waals surface area contributed by atoms with Crippen molar-refractivity contribution in [2.45, 2.75) is 6.42 Å². The van der Waals surface area contributed by atoms with Crippen LogP contribution in [0.3, 0.4) is 0 Å². The van der Waals surface area contributed by atoms with E-state index in [1.165, 1.54) is 5.56 Å². The smallest absolute Gasteiger partial charge is 0.260 e. The summed E-state index contributed by atoms with van der Waals surface area (Å²) in [6.07, 6.45) is 1.05. The first-order chi connectivity index (χ1) is 12.7. The summed E-state index contributed by atoms with van der Waals surface area (Å²) < 4.78 is 10.7. The first-order valence-corrected chi connectivity index (χ1v) is 9.05. The fourth-order valence-corrected chi connectivity index (χ4v) is 3.06. The van der Waals surface area contributed by atoms with Crippen molar-refractivity contribution in [1.82, 2.24) is 9.80 Å². The molecule has 5 heteroatoms. The average Bonchev–Trinajstić information content (AvgIpc) is 2.72. The van der Waals surface area contributed by atoms with E-state index in [4.69, 9.17) is 9.47 Å². The summed E-state index contributed by atoms with van der Waals surface area (Å²) in [6.45, 7) is 4.48. The number of nitrogens with zero attached hydrogens (tertiary/aromatic N) is 2. The van der Waals surface area contributed by atoms with Gasteiger partial charge in [0.15, 0.2) is 6.61 Å². The van der Waals surface area contributed by atoms with Crippen LogP contribution < -0.4 is 9.47 Å². The number of carbonyl (C=O) groups excluding carboxylic acids is 1. The van der Waals surface area contributed by atoms with Crippen LogP contribution in [0.1, 0.15) is 5.56 Å². The zero-order valence-electron chi connectivity index (χ0n) is 15.3. The van der Waals surface area contributed by atoms with Gasteiger partial charge in [-0.1, -0.05) is 30.3 Å². The molecule has 138 valence electrons. The number of hydrogen-bond acceptors (Lipinski definition) is 4. The molecule has 3 rings (SSSR count). The van der Waals surface area contributed by atoms with Crippen molar-refractivity contribution in [1.29, 1.82) is 0 Å². The van der Waals surface area contributed by atoms with E-state index < -0.39 is 0 Å². The van der Waals surface area contributed by atoms with Gasteiger partial charge in [0.1, 0.15) is 11.5 Å². The Morgan fingerprint density at radius 1 is 0.923 bits per heavy atom. The van der Waals surface area contributed by atoms with E-state index >= 15 is 0 Å². The molecule has 1 aliphatic heterocycles. The Labute approximate surface area is 155 Å². The lowest BCUT2D eigenvalue weighted by Crippen LogP contribution is -2.50. The fourth-order valence-electron chi connectivity index (χ4n) is 3.06. The zero-order valence-corrected chi connectivity index (χ0v) is 15.3. The number of rotatable bonds is 7. The SMILES string of the molecule is COc1ccc(OCC(=O)N2CCN(CCc3ccccc3)CC2)cc1. The Balaban J connectivity index is 1.37. The third-order valence-corrected chi connectivity index (χ3v) is 4.71. The molecule has 0 radical (unpaired) electrons. The van der Waals surface area contributed by atoms with Gasteiger partial charge in [-0.2, -0.15) is 0 Å². The minimum absolute atomic E-state index is 0.0449. The third kappa shape index (κ3) is 5.23. The molecular weight excluding hydrogens is 328 g/mol. The predicted molar refractivity (Wildman–Crippen MR) is 102 cm³/mol. The molecule has 2 aromatic rings. The summed E-state index contributed by atoms with van der Waals surface area (Å²) in [7, 11) is 1.62. The van der Waals surface area contributed by atoms with E-state index in [-0.39, 0.29) is 12.5 Å². The molecule has 0 N–H and O–H groups in total. The van der Waals surface area contributed by atoms with Crippen LogP contribution in [0.4, 0.5) is 0 Å². The molecule has 0 bridgehead atoms. The van der Waals surface area contributed by atoms with E-state index in [0.29, 0.717) is 5.75 Å². The molecule has 2 aromatic carbocycles. The second-order valence-electron chi connectivity index (χ2n) is 6.42. The normalized spacial score (nSPS) is 14.9. The molecule has 0 unspecified atom stereocenters. The van der Waals surface area contributed by atoms with E-state index in [0.717, 1.165) is 44.9 Å². The van der Waals surface area contributed by atoms with Gasteiger partial charge in [0, 0.05) is 32.7 Å². The van der Waals surface area contributed by atoms with Crippen LogP contribution in [0.15, 0.2) is 54.6 Å². The van der Waals surface area contributed by atoms with Crippen LogP contribution in [-0.2, 0) is 11.2 Å². The van der Waals surface area contributed by atoms with Crippen LogP contribution in [0, 0.1) is 0 Å². The van der Waals surface area contributed by atoms with Gasteiger partial charge in [-0.15, -0.1) is 0 Å². The molecule has 0 saturated carbocycles. The third-order valence-electron chi connectivity index (χ3n) is 4.71. The summed E-state index contributed by atoms with van der Waals surface area (Å²) >= 11 is 0. The van der Waals surface area contributed by atoms with Crippen molar-refractivity contribution >= 4 is 5.91 Å². The Morgan fingerprint density at radius 3 is 2.23 bits per heavy atom. The number of hydrogen-bond donors (Lipinski definition) is 0. The Kier molecular flexibility index (Phi) is 6.50. The summed E-state index contributed by atoms with van der Waals surface area (Å²) in [6, 6.07) is 17.8. The highest BCUT2D eigenvalue weighted by Crippen LogP contribution is 2.17. The lowest BCUT2D eigenvalue weighted by Gasteiger charge is -2.34. The molecular formula is C21H26N2O3. The second-order valence-corrected chi connectivity index (χ2v) is 6.42. The Bertz CT molecular complexity index is 680. The number of benzene rings is 2. The van der Waals surface area contributed by atoms with Crippen molar-refractivity contribution in [2.24, 2.45) is 0 Å². The maximum Gasteiger partial charge on any atom is 0.260 e. The van der Waals surface area contributed by atoms with E-state index in [1.807, 2.05) is 35.2 Å². The van der Waals surface area contributed by atoms with Crippen molar-refractivity contribution in [3.05, 3.63) is 60.2 Å². The minimum Gasteiger partial charge on any atom is -0.497 e. The van der Waals surface area contributed by atoms with Crippen LogP contribution in [-0.4, -0.2) is 62.1 Å². The first-order valence-electron chi connectivity index (χ1n) is 9.05. The number of ether oxygens (including phenoxy) is 2. The van der Waals surface area contributed by atoms with E-state index in [2.05, 4.69) is 29.2 Å². The molecule has 5 nitrogen and oxygen atoms in total. The van der Waals surface area contributed by atoms with Crippen molar-refractivity contribution < 1.29 is 14.3 Å². The maximum absolute atomic E-state index is 12.3. The van der Waals surface area contributed by atoms with Gasteiger partial charge in [0.05, 0.1) is 7.11 Å². The summed E-state index contributed by atoms with van der Waals surface area (Å²) in [5.41, 5.74) is 1.36. The Hall–Kier alpha value is -2.53. The monoisotopic (exact) mass is 354 g/mol.